The topological polar surface area (TPSA) is 172 Å². The van der Waals surface area contributed by atoms with E-state index in [9.17, 15) is 24.2 Å². The van der Waals surface area contributed by atoms with Crippen molar-refractivity contribution in [3.63, 3.8) is 0 Å². The van der Waals surface area contributed by atoms with Crippen molar-refractivity contribution in [3.05, 3.63) is 47.5 Å². The molecule has 2 atom stereocenters. The lowest BCUT2D eigenvalue weighted by molar-refractivity contribution is 0.127. The molecule has 0 aliphatic heterocycles. The predicted octanol–water partition coefficient (Wildman–Crippen LogP) is 2.63. The first-order valence-electron chi connectivity index (χ1n) is 7.95. The average molecular weight is 450 g/mol. The number of methoxy groups -OCH3 is 2. The maximum atomic E-state index is 12.1. The molecule has 5 N–H and O–H groups in total. The van der Waals surface area contributed by atoms with Gasteiger partial charge in [-0.05, 0) is 35.4 Å². The van der Waals surface area contributed by atoms with Gasteiger partial charge < -0.3 is 34.4 Å². The molecule has 0 radical (unpaired) electrons. The number of hydrogen-bond acceptors (Lipinski definition) is 8. The molecule has 2 rings (SSSR count). The SMILES string of the molecule is COc1cc(CC(OP(=O)(O)OP(=O)(O)O)c2ccc(O)c(OC)c2)ccc1O. The molecule has 2 aromatic carbocycles. The van der Waals surface area contributed by atoms with E-state index in [-0.39, 0.29) is 35.0 Å². The van der Waals surface area contributed by atoms with Crippen LogP contribution in [0.3, 0.4) is 0 Å². The van der Waals surface area contributed by atoms with Crippen molar-refractivity contribution in [2.75, 3.05) is 14.2 Å². The summed E-state index contributed by atoms with van der Waals surface area (Å²) in [6.07, 6.45) is -1.33. The summed E-state index contributed by atoms with van der Waals surface area (Å²) in [5.41, 5.74) is 0.739. The van der Waals surface area contributed by atoms with E-state index in [0.717, 1.165) is 0 Å². The van der Waals surface area contributed by atoms with Crippen LogP contribution in [0, 0.1) is 0 Å². The van der Waals surface area contributed by atoms with Crippen LogP contribution in [0.5, 0.6) is 23.0 Å². The Labute approximate surface area is 165 Å². The Hall–Kier alpha value is -2.10. The molecule has 13 heteroatoms. The van der Waals surface area contributed by atoms with Gasteiger partial charge in [0.05, 0.1) is 20.3 Å². The number of phenolic OH excluding ortho intramolecular Hbond substituents is 2. The van der Waals surface area contributed by atoms with Crippen molar-refractivity contribution in [1.29, 1.82) is 0 Å². The molecule has 0 fully saturated rings. The van der Waals surface area contributed by atoms with E-state index in [2.05, 4.69) is 4.31 Å². The van der Waals surface area contributed by atoms with Gasteiger partial charge in [-0.25, -0.2) is 9.13 Å². The number of phosphoric acid groups is 2. The van der Waals surface area contributed by atoms with Crippen LogP contribution in [-0.2, 0) is 24.4 Å². The van der Waals surface area contributed by atoms with E-state index in [1.165, 1.54) is 50.6 Å². The molecule has 0 bridgehead atoms. The lowest BCUT2D eigenvalue weighted by atomic mass is 10.0. The number of ether oxygens (including phenoxy) is 2. The quantitative estimate of drug-likeness (QED) is 0.356. The highest BCUT2D eigenvalue weighted by Gasteiger charge is 2.36. The first-order chi connectivity index (χ1) is 13.4. The zero-order valence-electron chi connectivity index (χ0n) is 15.3. The summed E-state index contributed by atoms with van der Waals surface area (Å²) < 4.78 is 41.9. The summed E-state index contributed by atoms with van der Waals surface area (Å²) >= 11 is 0. The second-order valence-corrected chi connectivity index (χ2v) is 8.56. The summed E-state index contributed by atoms with van der Waals surface area (Å²) in [6.45, 7) is 0. The number of rotatable bonds is 9. The second-order valence-electron chi connectivity index (χ2n) is 5.78. The van der Waals surface area contributed by atoms with Crippen LogP contribution >= 0.6 is 15.6 Å². The van der Waals surface area contributed by atoms with E-state index < -0.39 is 21.7 Å². The minimum absolute atomic E-state index is 0.0445. The summed E-state index contributed by atoms with van der Waals surface area (Å²) in [6, 6.07) is 8.25. The Morgan fingerprint density at radius 1 is 0.897 bits per heavy atom. The lowest BCUT2D eigenvalue weighted by Crippen LogP contribution is -2.08. The van der Waals surface area contributed by atoms with Crippen LogP contribution in [0.1, 0.15) is 17.2 Å². The van der Waals surface area contributed by atoms with Gasteiger partial charge in [-0.15, -0.1) is 0 Å². The first kappa shape index (κ1) is 23.2. The van der Waals surface area contributed by atoms with Gasteiger partial charge in [0.2, 0.25) is 0 Å². The molecular formula is C16H20O11P2. The van der Waals surface area contributed by atoms with Gasteiger partial charge in [0.1, 0.15) is 0 Å². The molecule has 2 aromatic rings. The molecule has 0 aliphatic rings. The number of phosphoric ester groups is 1. The third-order valence-electron chi connectivity index (χ3n) is 3.71. The van der Waals surface area contributed by atoms with E-state index >= 15 is 0 Å². The zero-order valence-corrected chi connectivity index (χ0v) is 17.1. The molecule has 0 saturated carbocycles. The number of aromatic hydroxyl groups is 2. The van der Waals surface area contributed by atoms with E-state index in [0.29, 0.717) is 5.56 Å². The molecule has 0 saturated heterocycles. The number of hydrogen-bond donors (Lipinski definition) is 5. The van der Waals surface area contributed by atoms with Crippen molar-refractivity contribution in [1.82, 2.24) is 0 Å². The largest absolute Gasteiger partial charge is 0.504 e. The van der Waals surface area contributed by atoms with Crippen molar-refractivity contribution in [2.45, 2.75) is 12.5 Å². The molecule has 11 nitrogen and oxygen atoms in total. The van der Waals surface area contributed by atoms with E-state index in [4.69, 9.17) is 23.8 Å². The van der Waals surface area contributed by atoms with Crippen LogP contribution in [0.25, 0.3) is 0 Å². The fourth-order valence-corrected chi connectivity index (χ4v) is 4.24. The summed E-state index contributed by atoms with van der Waals surface area (Å²) in [4.78, 5) is 27.4. The van der Waals surface area contributed by atoms with Crippen LogP contribution in [-0.4, -0.2) is 39.1 Å². The van der Waals surface area contributed by atoms with Gasteiger partial charge in [0, 0.05) is 6.42 Å². The smallest absolute Gasteiger partial charge is 0.481 e. The lowest BCUT2D eigenvalue weighted by Gasteiger charge is -2.22. The molecule has 0 amide bonds. The van der Waals surface area contributed by atoms with Gasteiger partial charge in [-0.2, -0.15) is 4.31 Å². The predicted molar refractivity (Wildman–Crippen MR) is 99.8 cm³/mol. The maximum absolute atomic E-state index is 12.1. The van der Waals surface area contributed by atoms with Gasteiger partial charge in [0.25, 0.3) is 0 Å². The molecule has 160 valence electrons. The van der Waals surface area contributed by atoms with Crippen molar-refractivity contribution >= 4 is 15.6 Å². The third kappa shape index (κ3) is 6.73. The van der Waals surface area contributed by atoms with Gasteiger partial charge in [0.15, 0.2) is 23.0 Å². The Kier molecular flexibility index (Phi) is 7.31. The fourth-order valence-electron chi connectivity index (χ4n) is 2.49. The van der Waals surface area contributed by atoms with Gasteiger partial charge in [-0.1, -0.05) is 12.1 Å². The van der Waals surface area contributed by atoms with Gasteiger partial charge in [-0.3, -0.25) is 4.52 Å². The standard InChI is InChI=1S/C16H20O11P2/c1-24-15-8-10(3-5-12(15)17)7-14(26-29(22,23)27-28(19,20)21)11-4-6-13(18)16(9-11)25-2/h3-6,8-9,14,17-18H,7H2,1-2H3,(H,22,23)(H2,19,20,21). The van der Waals surface area contributed by atoms with Crippen molar-refractivity contribution < 1.29 is 52.3 Å². The summed E-state index contributed by atoms with van der Waals surface area (Å²) in [7, 11) is -7.86. The average Bonchev–Trinajstić information content (AvgIpc) is 2.60. The third-order valence-corrected chi connectivity index (χ3v) is 5.91. The van der Waals surface area contributed by atoms with Crippen LogP contribution in [0.4, 0.5) is 0 Å². The highest BCUT2D eigenvalue weighted by molar-refractivity contribution is 7.60. The Morgan fingerprint density at radius 3 is 2.00 bits per heavy atom. The summed E-state index contributed by atoms with van der Waals surface area (Å²) in [5.74, 6) is -0.135. The molecule has 0 aromatic heterocycles. The second kappa shape index (κ2) is 9.15. The molecule has 0 spiro atoms. The Bertz CT molecular complexity index is 956. The molecule has 0 aliphatic carbocycles. The Morgan fingerprint density at radius 2 is 1.45 bits per heavy atom. The molecule has 0 heterocycles. The van der Waals surface area contributed by atoms with E-state index in [1.54, 1.807) is 0 Å². The van der Waals surface area contributed by atoms with Crippen LogP contribution < -0.4 is 9.47 Å². The zero-order chi connectivity index (χ0) is 21.8. The minimum atomic E-state index is -5.32. The van der Waals surface area contributed by atoms with Crippen LogP contribution in [0.2, 0.25) is 0 Å². The number of phenols is 2. The van der Waals surface area contributed by atoms with Crippen LogP contribution in [0.15, 0.2) is 36.4 Å². The van der Waals surface area contributed by atoms with Gasteiger partial charge >= 0.3 is 15.6 Å². The molecule has 29 heavy (non-hydrogen) atoms. The number of benzene rings is 2. The molecule has 2 unspecified atom stereocenters. The highest BCUT2D eigenvalue weighted by atomic mass is 31.3. The highest BCUT2D eigenvalue weighted by Crippen LogP contribution is 2.60. The monoisotopic (exact) mass is 450 g/mol. The Balaban J connectivity index is 2.42. The first-order valence-corrected chi connectivity index (χ1v) is 11.0. The summed E-state index contributed by atoms with van der Waals surface area (Å²) in [5, 5.41) is 19.5. The van der Waals surface area contributed by atoms with E-state index in [1.807, 2.05) is 0 Å². The maximum Gasteiger partial charge on any atom is 0.481 e. The fraction of sp³-hybridized carbons (Fsp3) is 0.250. The minimum Gasteiger partial charge on any atom is -0.504 e. The van der Waals surface area contributed by atoms with Crippen molar-refractivity contribution in [2.24, 2.45) is 0 Å². The molecular weight excluding hydrogens is 430 g/mol. The van der Waals surface area contributed by atoms with Crippen molar-refractivity contribution in [3.8, 4) is 23.0 Å². The normalized spacial score (nSPS) is 14.8.